The van der Waals surface area contributed by atoms with Crippen LogP contribution in [0.15, 0.2) is 17.9 Å². The number of nitrogens with one attached hydrogen (secondary N) is 1. The zero-order chi connectivity index (χ0) is 14.5. The summed E-state index contributed by atoms with van der Waals surface area (Å²) in [6.45, 7) is 5.22. The summed E-state index contributed by atoms with van der Waals surface area (Å²) in [5, 5.41) is 3.04. The Morgan fingerprint density at radius 1 is 1.35 bits per heavy atom. The molecular formula is C13H17N5OS. The lowest BCUT2D eigenvalue weighted by molar-refractivity contribution is 0.0780. The Bertz CT molecular complexity index is 581. The third-order valence-electron chi connectivity index (χ3n) is 2.80. The molecule has 0 spiro atoms. The molecule has 0 aromatic carbocycles. The number of nitrogens with zero attached hydrogens (tertiary/aromatic N) is 4. The van der Waals surface area contributed by atoms with E-state index in [4.69, 9.17) is 0 Å². The van der Waals surface area contributed by atoms with Crippen molar-refractivity contribution < 1.29 is 4.79 Å². The number of rotatable bonds is 5. The van der Waals surface area contributed by atoms with Crippen LogP contribution in [0.5, 0.6) is 0 Å². The fraction of sp³-hybridized carbons (Fsp3) is 0.385. The van der Waals surface area contributed by atoms with E-state index in [2.05, 4.69) is 20.3 Å². The number of carbonyl (C=O) groups is 1. The van der Waals surface area contributed by atoms with Gasteiger partial charge in [0.25, 0.3) is 5.91 Å². The number of hydrogen-bond donors (Lipinski definition) is 1. The molecule has 2 aromatic heterocycles. The average molecular weight is 291 g/mol. The SMILES string of the molecule is CCNc1cnc(C(=O)N(C)Cc2scnc2C)cn1. The third-order valence-corrected chi connectivity index (χ3v) is 3.72. The highest BCUT2D eigenvalue weighted by Crippen LogP contribution is 2.15. The zero-order valence-electron chi connectivity index (χ0n) is 11.8. The Morgan fingerprint density at radius 2 is 2.15 bits per heavy atom. The summed E-state index contributed by atoms with van der Waals surface area (Å²) >= 11 is 1.55. The Kier molecular flexibility index (Phi) is 4.62. The normalized spacial score (nSPS) is 10.3. The Labute approximate surface area is 121 Å². The van der Waals surface area contributed by atoms with Crippen LogP contribution in [0.25, 0.3) is 0 Å². The first kappa shape index (κ1) is 14.4. The van der Waals surface area contributed by atoms with Crippen molar-refractivity contribution in [2.75, 3.05) is 18.9 Å². The quantitative estimate of drug-likeness (QED) is 0.911. The maximum Gasteiger partial charge on any atom is 0.274 e. The average Bonchev–Trinajstić information content (AvgIpc) is 2.85. The van der Waals surface area contributed by atoms with E-state index < -0.39 is 0 Å². The Hall–Kier alpha value is -2.02. The second kappa shape index (κ2) is 6.42. The van der Waals surface area contributed by atoms with Crippen LogP contribution in [0.4, 0.5) is 5.82 Å². The summed E-state index contributed by atoms with van der Waals surface area (Å²) in [5.74, 6) is 0.526. The van der Waals surface area contributed by atoms with Gasteiger partial charge in [0.2, 0.25) is 0 Å². The van der Waals surface area contributed by atoms with Crippen LogP contribution in [0.2, 0.25) is 0 Å². The van der Waals surface area contributed by atoms with E-state index in [1.54, 1.807) is 35.0 Å². The maximum atomic E-state index is 12.2. The monoisotopic (exact) mass is 291 g/mol. The number of thiazole rings is 1. The largest absolute Gasteiger partial charge is 0.369 e. The van der Waals surface area contributed by atoms with Crippen molar-refractivity contribution >= 4 is 23.1 Å². The predicted molar refractivity (Wildman–Crippen MR) is 78.8 cm³/mol. The minimum atomic E-state index is -0.145. The standard InChI is InChI=1S/C13H17N5OS/c1-4-14-12-6-15-10(5-16-12)13(19)18(3)7-11-9(2)17-8-20-11/h5-6,8H,4,7H2,1-3H3,(H,14,16). The second-order valence-corrected chi connectivity index (χ2v) is 5.28. The molecule has 0 atom stereocenters. The Balaban J connectivity index is 2.04. The number of anilines is 1. The number of hydrogen-bond acceptors (Lipinski definition) is 6. The van der Waals surface area contributed by atoms with E-state index >= 15 is 0 Å². The van der Waals surface area contributed by atoms with Crippen molar-refractivity contribution in [2.45, 2.75) is 20.4 Å². The lowest BCUT2D eigenvalue weighted by Gasteiger charge is -2.16. The molecule has 0 aliphatic heterocycles. The van der Waals surface area contributed by atoms with Crippen LogP contribution in [-0.2, 0) is 6.54 Å². The van der Waals surface area contributed by atoms with E-state index in [0.29, 0.717) is 18.1 Å². The lowest BCUT2D eigenvalue weighted by Crippen LogP contribution is -2.27. The molecule has 0 aliphatic carbocycles. The van der Waals surface area contributed by atoms with Gasteiger partial charge in [0.1, 0.15) is 11.5 Å². The predicted octanol–water partition coefficient (Wildman–Crippen LogP) is 1.95. The van der Waals surface area contributed by atoms with E-state index in [-0.39, 0.29) is 5.91 Å². The molecule has 2 heterocycles. The van der Waals surface area contributed by atoms with Gasteiger partial charge in [-0.1, -0.05) is 0 Å². The van der Waals surface area contributed by atoms with Gasteiger partial charge in [0.15, 0.2) is 0 Å². The highest BCUT2D eigenvalue weighted by atomic mass is 32.1. The molecule has 0 bridgehead atoms. The number of carbonyl (C=O) groups excluding carboxylic acids is 1. The zero-order valence-corrected chi connectivity index (χ0v) is 12.6. The minimum Gasteiger partial charge on any atom is -0.369 e. The summed E-state index contributed by atoms with van der Waals surface area (Å²) in [7, 11) is 1.75. The van der Waals surface area contributed by atoms with Gasteiger partial charge in [-0.25, -0.2) is 15.0 Å². The van der Waals surface area contributed by atoms with Gasteiger partial charge in [0.05, 0.1) is 30.1 Å². The molecule has 2 rings (SSSR count). The van der Waals surface area contributed by atoms with E-state index in [9.17, 15) is 4.79 Å². The first-order valence-electron chi connectivity index (χ1n) is 6.32. The first-order valence-corrected chi connectivity index (χ1v) is 7.20. The van der Waals surface area contributed by atoms with Gasteiger partial charge in [-0.2, -0.15) is 0 Å². The van der Waals surface area contributed by atoms with Crippen molar-refractivity contribution in [3.63, 3.8) is 0 Å². The fourth-order valence-electron chi connectivity index (χ4n) is 1.67. The van der Waals surface area contributed by atoms with Crippen LogP contribution < -0.4 is 5.32 Å². The van der Waals surface area contributed by atoms with Gasteiger partial charge < -0.3 is 10.2 Å². The van der Waals surface area contributed by atoms with Crippen molar-refractivity contribution in [1.29, 1.82) is 0 Å². The number of amides is 1. The summed E-state index contributed by atoms with van der Waals surface area (Å²) in [4.78, 5) is 27.4. The molecule has 0 aliphatic rings. The van der Waals surface area contributed by atoms with Gasteiger partial charge in [-0.05, 0) is 13.8 Å². The van der Waals surface area contributed by atoms with Crippen LogP contribution in [0, 0.1) is 6.92 Å². The van der Waals surface area contributed by atoms with E-state index in [1.165, 1.54) is 6.20 Å². The topological polar surface area (TPSA) is 71.0 Å². The highest BCUT2D eigenvalue weighted by molar-refractivity contribution is 7.09. The second-order valence-electron chi connectivity index (χ2n) is 4.34. The molecule has 20 heavy (non-hydrogen) atoms. The molecule has 106 valence electrons. The van der Waals surface area contributed by atoms with Crippen LogP contribution in [0.1, 0.15) is 28.0 Å². The Morgan fingerprint density at radius 3 is 2.70 bits per heavy atom. The van der Waals surface area contributed by atoms with E-state index in [0.717, 1.165) is 17.1 Å². The van der Waals surface area contributed by atoms with Crippen molar-refractivity contribution in [3.05, 3.63) is 34.2 Å². The molecule has 0 fully saturated rings. The molecule has 0 saturated heterocycles. The third kappa shape index (κ3) is 3.30. The molecule has 7 heteroatoms. The number of aromatic nitrogens is 3. The fourth-order valence-corrected chi connectivity index (χ4v) is 2.50. The van der Waals surface area contributed by atoms with Crippen molar-refractivity contribution in [1.82, 2.24) is 19.9 Å². The molecule has 0 unspecified atom stereocenters. The van der Waals surface area contributed by atoms with Crippen LogP contribution in [-0.4, -0.2) is 39.4 Å². The van der Waals surface area contributed by atoms with Crippen molar-refractivity contribution in [3.8, 4) is 0 Å². The summed E-state index contributed by atoms with van der Waals surface area (Å²) in [5.41, 5.74) is 3.09. The first-order chi connectivity index (χ1) is 9.61. The van der Waals surface area contributed by atoms with Crippen LogP contribution >= 0.6 is 11.3 Å². The number of aryl methyl sites for hydroxylation is 1. The smallest absolute Gasteiger partial charge is 0.274 e. The lowest BCUT2D eigenvalue weighted by atomic mass is 10.3. The molecule has 0 radical (unpaired) electrons. The molecule has 2 aromatic rings. The molecule has 6 nitrogen and oxygen atoms in total. The minimum absolute atomic E-state index is 0.145. The van der Waals surface area contributed by atoms with Gasteiger partial charge >= 0.3 is 0 Å². The summed E-state index contributed by atoms with van der Waals surface area (Å²) in [6.07, 6.45) is 3.07. The highest BCUT2D eigenvalue weighted by Gasteiger charge is 2.15. The van der Waals surface area contributed by atoms with Gasteiger partial charge in [-0.3, -0.25) is 4.79 Å². The van der Waals surface area contributed by atoms with Gasteiger partial charge in [-0.15, -0.1) is 11.3 Å². The molecule has 1 amide bonds. The summed E-state index contributed by atoms with van der Waals surface area (Å²) in [6, 6.07) is 0. The van der Waals surface area contributed by atoms with Gasteiger partial charge in [0, 0.05) is 18.5 Å². The molecule has 0 saturated carbocycles. The molecule has 1 N–H and O–H groups in total. The van der Waals surface area contributed by atoms with Crippen LogP contribution in [0.3, 0.4) is 0 Å². The van der Waals surface area contributed by atoms with Crippen molar-refractivity contribution in [2.24, 2.45) is 0 Å². The summed E-state index contributed by atoms with van der Waals surface area (Å²) < 4.78 is 0. The maximum absolute atomic E-state index is 12.2. The molecular weight excluding hydrogens is 274 g/mol. The van der Waals surface area contributed by atoms with E-state index in [1.807, 2.05) is 13.8 Å².